The molecule has 3 nitrogen and oxygen atoms in total. The van der Waals surface area contributed by atoms with Crippen LogP contribution >= 0.6 is 12.4 Å². The average Bonchev–Trinajstić information content (AvgIpc) is 2.64. The largest absolute Gasteiger partial charge is 0.497 e. The highest BCUT2D eigenvalue weighted by Gasteiger charge is 2.31. The summed E-state index contributed by atoms with van der Waals surface area (Å²) >= 11 is 0. The quantitative estimate of drug-likeness (QED) is 0.716. The first-order chi connectivity index (χ1) is 12.8. The molecule has 0 heterocycles. The van der Waals surface area contributed by atoms with Crippen molar-refractivity contribution in [2.24, 2.45) is 5.92 Å². The molecule has 2 aromatic rings. The summed E-state index contributed by atoms with van der Waals surface area (Å²) in [4.78, 5) is 0. The van der Waals surface area contributed by atoms with Gasteiger partial charge in [-0.25, -0.2) is 0 Å². The van der Waals surface area contributed by atoms with Gasteiger partial charge in [0.15, 0.2) is 0 Å². The molecule has 3 atom stereocenters. The van der Waals surface area contributed by atoms with Gasteiger partial charge in [0.1, 0.15) is 5.75 Å². The summed E-state index contributed by atoms with van der Waals surface area (Å²) in [6.07, 6.45) is 3.89. The molecule has 0 amide bonds. The normalized spacial score (nSPS) is 22.4. The second kappa shape index (κ2) is 9.78. The van der Waals surface area contributed by atoms with Crippen molar-refractivity contribution in [2.45, 2.75) is 64.1 Å². The smallest absolute Gasteiger partial charge is 0.118 e. The number of ether oxygens (including phenoxy) is 1. The van der Waals surface area contributed by atoms with Gasteiger partial charge in [-0.1, -0.05) is 36.4 Å². The molecule has 154 valence electrons. The zero-order chi connectivity index (χ0) is 19.4. The molecular weight excluding hydrogens is 370 g/mol. The van der Waals surface area contributed by atoms with Crippen molar-refractivity contribution >= 4 is 12.4 Å². The summed E-state index contributed by atoms with van der Waals surface area (Å²) in [5.74, 6) is 1.51. The van der Waals surface area contributed by atoms with Crippen LogP contribution in [-0.2, 0) is 6.42 Å². The summed E-state index contributed by atoms with van der Waals surface area (Å²) in [6.45, 7) is 6.50. The molecule has 1 saturated carbocycles. The number of methoxy groups -OCH3 is 1. The van der Waals surface area contributed by atoms with Gasteiger partial charge >= 0.3 is 0 Å². The van der Waals surface area contributed by atoms with E-state index in [1.165, 1.54) is 16.7 Å². The number of nitrogens with one attached hydrogen (secondary N) is 1. The lowest BCUT2D eigenvalue weighted by atomic mass is 9.79. The van der Waals surface area contributed by atoms with E-state index >= 15 is 0 Å². The van der Waals surface area contributed by atoms with Crippen molar-refractivity contribution in [3.8, 4) is 16.9 Å². The minimum absolute atomic E-state index is 0. The summed E-state index contributed by atoms with van der Waals surface area (Å²) < 4.78 is 5.23. The van der Waals surface area contributed by atoms with Gasteiger partial charge in [0.05, 0.1) is 13.2 Å². The van der Waals surface area contributed by atoms with Crippen LogP contribution in [0.2, 0.25) is 0 Å². The van der Waals surface area contributed by atoms with Crippen molar-refractivity contribution in [3.63, 3.8) is 0 Å². The van der Waals surface area contributed by atoms with Gasteiger partial charge in [-0.3, -0.25) is 0 Å². The fourth-order valence-electron chi connectivity index (χ4n) is 4.09. The predicted octanol–water partition coefficient (Wildman–Crippen LogP) is 5.24. The molecule has 4 heteroatoms. The van der Waals surface area contributed by atoms with E-state index in [0.29, 0.717) is 5.92 Å². The summed E-state index contributed by atoms with van der Waals surface area (Å²) in [6, 6.07) is 17.3. The van der Waals surface area contributed by atoms with Crippen LogP contribution in [0, 0.1) is 5.92 Å². The molecule has 0 radical (unpaired) electrons. The van der Waals surface area contributed by atoms with Gasteiger partial charge in [-0.15, -0.1) is 12.4 Å². The number of benzene rings is 2. The SMILES string of the molecule is COc1ccc(-c2ccc(C[C@@H]3CC[C@H](O)[C@@H](NC(C)(C)C)C3)cc2)cc1.Cl. The third-order valence-corrected chi connectivity index (χ3v) is 5.44. The Morgan fingerprint density at radius 1 is 0.964 bits per heavy atom. The highest BCUT2D eigenvalue weighted by atomic mass is 35.5. The minimum atomic E-state index is -0.224. The third kappa shape index (κ3) is 6.23. The van der Waals surface area contributed by atoms with Crippen molar-refractivity contribution in [2.75, 3.05) is 7.11 Å². The first kappa shape index (κ1) is 22.7. The van der Waals surface area contributed by atoms with Crippen molar-refractivity contribution in [1.82, 2.24) is 5.32 Å². The number of rotatable bonds is 5. The molecule has 28 heavy (non-hydrogen) atoms. The average molecular weight is 404 g/mol. The Hall–Kier alpha value is -1.55. The molecule has 0 unspecified atom stereocenters. The van der Waals surface area contributed by atoms with Crippen LogP contribution in [0.25, 0.3) is 11.1 Å². The van der Waals surface area contributed by atoms with E-state index < -0.39 is 0 Å². The Morgan fingerprint density at radius 2 is 1.54 bits per heavy atom. The summed E-state index contributed by atoms with van der Waals surface area (Å²) in [5.41, 5.74) is 3.85. The second-order valence-electron chi connectivity index (χ2n) is 8.88. The molecular formula is C24H34ClNO2. The Balaban J connectivity index is 0.00000280. The molecule has 0 saturated heterocycles. The Morgan fingerprint density at radius 3 is 2.07 bits per heavy atom. The van der Waals surface area contributed by atoms with Gasteiger partial charge in [0.2, 0.25) is 0 Å². The molecule has 0 spiro atoms. The Labute approximate surface area is 175 Å². The zero-order valence-electron chi connectivity index (χ0n) is 17.4. The maximum Gasteiger partial charge on any atom is 0.118 e. The lowest BCUT2D eigenvalue weighted by molar-refractivity contribution is 0.0580. The molecule has 0 bridgehead atoms. The van der Waals surface area contributed by atoms with Gasteiger partial charge in [-0.2, -0.15) is 0 Å². The lowest BCUT2D eigenvalue weighted by Crippen LogP contribution is -2.52. The molecule has 2 N–H and O–H groups in total. The lowest BCUT2D eigenvalue weighted by Gasteiger charge is -2.38. The van der Waals surface area contributed by atoms with Gasteiger partial charge in [0.25, 0.3) is 0 Å². The number of hydrogen-bond acceptors (Lipinski definition) is 3. The highest BCUT2D eigenvalue weighted by molar-refractivity contribution is 5.85. The maximum atomic E-state index is 10.3. The monoisotopic (exact) mass is 403 g/mol. The van der Waals surface area contributed by atoms with Crippen LogP contribution in [0.15, 0.2) is 48.5 Å². The first-order valence-corrected chi connectivity index (χ1v) is 10.0. The predicted molar refractivity (Wildman–Crippen MR) is 119 cm³/mol. The van der Waals surface area contributed by atoms with Crippen LogP contribution in [-0.4, -0.2) is 29.9 Å². The van der Waals surface area contributed by atoms with Crippen LogP contribution in [0.1, 0.15) is 45.6 Å². The highest BCUT2D eigenvalue weighted by Crippen LogP contribution is 2.30. The summed E-state index contributed by atoms with van der Waals surface area (Å²) in [5, 5.41) is 13.9. The van der Waals surface area contributed by atoms with Crippen LogP contribution in [0.4, 0.5) is 0 Å². The van der Waals surface area contributed by atoms with E-state index in [1.807, 2.05) is 12.1 Å². The molecule has 0 aromatic heterocycles. The first-order valence-electron chi connectivity index (χ1n) is 10.0. The topological polar surface area (TPSA) is 41.5 Å². The Bertz CT molecular complexity index is 722. The molecule has 1 fully saturated rings. The van der Waals surface area contributed by atoms with Gasteiger partial charge in [0, 0.05) is 11.6 Å². The maximum absolute atomic E-state index is 10.3. The van der Waals surface area contributed by atoms with Crippen LogP contribution < -0.4 is 10.1 Å². The molecule has 0 aliphatic heterocycles. The molecule has 3 rings (SSSR count). The van der Waals surface area contributed by atoms with Gasteiger partial charge < -0.3 is 15.2 Å². The summed E-state index contributed by atoms with van der Waals surface area (Å²) in [7, 11) is 1.69. The zero-order valence-corrected chi connectivity index (χ0v) is 18.3. The van der Waals surface area contributed by atoms with Crippen molar-refractivity contribution in [1.29, 1.82) is 0 Å². The minimum Gasteiger partial charge on any atom is -0.497 e. The molecule has 2 aromatic carbocycles. The van der Waals surface area contributed by atoms with E-state index in [1.54, 1.807) is 7.11 Å². The van der Waals surface area contributed by atoms with Gasteiger partial charge in [-0.05, 0) is 81.2 Å². The number of hydrogen-bond donors (Lipinski definition) is 2. The second-order valence-corrected chi connectivity index (χ2v) is 8.88. The fraction of sp³-hybridized carbons (Fsp3) is 0.500. The van der Waals surface area contributed by atoms with E-state index in [0.717, 1.165) is 31.4 Å². The Kier molecular flexibility index (Phi) is 7.94. The number of aliphatic hydroxyl groups is 1. The number of halogens is 1. The number of aliphatic hydroxyl groups excluding tert-OH is 1. The van der Waals surface area contributed by atoms with Crippen molar-refractivity contribution in [3.05, 3.63) is 54.1 Å². The fourth-order valence-corrected chi connectivity index (χ4v) is 4.09. The molecule has 1 aliphatic carbocycles. The van der Waals surface area contributed by atoms with Crippen LogP contribution in [0.5, 0.6) is 5.75 Å². The molecule has 1 aliphatic rings. The van der Waals surface area contributed by atoms with E-state index in [2.05, 4.69) is 62.5 Å². The van der Waals surface area contributed by atoms with E-state index in [9.17, 15) is 5.11 Å². The van der Waals surface area contributed by atoms with Crippen molar-refractivity contribution < 1.29 is 9.84 Å². The van der Waals surface area contributed by atoms with E-state index in [-0.39, 0.29) is 30.1 Å². The third-order valence-electron chi connectivity index (χ3n) is 5.44. The van der Waals surface area contributed by atoms with E-state index in [4.69, 9.17) is 4.74 Å². The standard InChI is InChI=1S/C24H33NO2.ClH/c1-24(2,3)25-22-16-18(7-14-23(22)26)15-17-5-8-19(9-6-17)20-10-12-21(27-4)13-11-20;/h5-6,8-13,18,22-23,25-26H,7,14-16H2,1-4H3;1H/t18-,22-,23-;/m0./s1. The van der Waals surface area contributed by atoms with Crippen LogP contribution in [0.3, 0.4) is 0 Å².